The van der Waals surface area contributed by atoms with Crippen LogP contribution in [-0.4, -0.2) is 42.8 Å². The van der Waals surface area contributed by atoms with E-state index in [0.717, 1.165) is 5.56 Å². The number of aliphatic imine (C=N–C) groups is 1. The molecule has 0 radical (unpaired) electrons. The molecule has 1 aliphatic rings. The molecule has 0 aromatic heterocycles. The minimum Gasteiger partial charge on any atom is -0.497 e. The Morgan fingerprint density at radius 2 is 1.84 bits per heavy atom. The van der Waals surface area contributed by atoms with Gasteiger partial charge >= 0.3 is 0 Å². The van der Waals surface area contributed by atoms with E-state index in [2.05, 4.69) is 15.3 Å². The van der Waals surface area contributed by atoms with Gasteiger partial charge in [0.25, 0.3) is 5.91 Å². The number of rotatable bonds is 13. The van der Waals surface area contributed by atoms with Crippen molar-refractivity contribution in [2.75, 3.05) is 20.3 Å². The molecule has 4 aromatic carbocycles. The van der Waals surface area contributed by atoms with Gasteiger partial charge in [-0.2, -0.15) is 0 Å². The van der Waals surface area contributed by atoms with E-state index < -0.39 is 11.6 Å². The maximum Gasteiger partial charge on any atom is 0.252 e. The van der Waals surface area contributed by atoms with Gasteiger partial charge in [0.2, 0.25) is 5.90 Å². The van der Waals surface area contributed by atoms with Gasteiger partial charge in [0.1, 0.15) is 11.5 Å². The zero-order valence-electron chi connectivity index (χ0n) is 24.6. The lowest BCUT2D eigenvalue weighted by molar-refractivity contribution is -0.129. The molecule has 0 fully saturated rings. The lowest BCUT2D eigenvalue weighted by atomic mass is 9.81. The molecule has 4 aromatic rings. The average molecular weight is 626 g/mol. The van der Waals surface area contributed by atoms with Crippen LogP contribution in [0.2, 0.25) is 5.02 Å². The number of azide groups is 1. The highest BCUT2D eigenvalue weighted by Crippen LogP contribution is 2.44. The summed E-state index contributed by atoms with van der Waals surface area (Å²) in [5, 5.41) is 16.6. The summed E-state index contributed by atoms with van der Waals surface area (Å²) in [5.74, 6) is 1.12. The van der Waals surface area contributed by atoms with Gasteiger partial charge < -0.3 is 24.6 Å². The van der Waals surface area contributed by atoms with Gasteiger partial charge in [-0.25, -0.2) is 4.99 Å². The van der Waals surface area contributed by atoms with Crippen molar-refractivity contribution < 1.29 is 24.1 Å². The highest BCUT2D eigenvalue weighted by Gasteiger charge is 2.53. The van der Waals surface area contributed by atoms with Gasteiger partial charge in [-0.1, -0.05) is 65.2 Å². The molecule has 2 atom stereocenters. The van der Waals surface area contributed by atoms with Crippen LogP contribution in [0.3, 0.4) is 0 Å². The Labute approximate surface area is 265 Å². The fourth-order valence-electron chi connectivity index (χ4n) is 5.12. The number of nitrogens with zero attached hydrogens (tertiary/aromatic N) is 4. The van der Waals surface area contributed by atoms with E-state index in [1.165, 1.54) is 0 Å². The number of carbonyl (C=O) groups is 1. The number of aliphatic hydroxyl groups is 1. The molecule has 10 nitrogen and oxygen atoms in total. The topological polar surface area (TPSA) is 138 Å². The van der Waals surface area contributed by atoms with Crippen LogP contribution in [0.5, 0.6) is 11.5 Å². The minimum absolute atomic E-state index is 0.0410. The molecule has 0 saturated heterocycles. The fraction of sp³-hybridized carbons (Fsp3) is 0.235. The molecule has 5 rings (SSSR count). The third-order valence-corrected chi connectivity index (χ3v) is 7.65. The molecule has 230 valence electrons. The van der Waals surface area contributed by atoms with Crippen LogP contribution in [0.25, 0.3) is 10.4 Å². The molecule has 11 heteroatoms. The molecule has 0 spiro atoms. The number of carbonyl (C=O) groups excluding carboxylic acids is 1. The largest absolute Gasteiger partial charge is 0.497 e. The first-order valence-electron chi connectivity index (χ1n) is 14.4. The predicted molar refractivity (Wildman–Crippen MR) is 172 cm³/mol. The highest BCUT2D eigenvalue weighted by molar-refractivity contribution is 6.30. The van der Waals surface area contributed by atoms with Gasteiger partial charge in [-0.15, -0.1) is 0 Å². The Kier molecular flexibility index (Phi) is 10.2. The lowest BCUT2D eigenvalue weighted by Gasteiger charge is -2.31. The molecule has 45 heavy (non-hydrogen) atoms. The van der Waals surface area contributed by atoms with Gasteiger partial charge in [0.15, 0.2) is 11.6 Å². The number of nitrogens with one attached hydrogen (secondary N) is 1. The highest BCUT2D eigenvalue weighted by atomic mass is 35.5. The monoisotopic (exact) mass is 625 g/mol. The summed E-state index contributed by atoms with van der Waals surface area (Å²) in [6.07, 6.45) is -0.278. The molecule has 0 unspecified atom stereocenters. The van der Waals surface area contributed by atoms with Crippen molar-refractivity contribution in [2.24, 2.45) is 10.1 Å². The van der Waals surface area contributed by atoms with Gasteiger partial charge in [0.05, 0.1) is 13.7 Å². The van der Waals surface area contributed by atoms with E-state index in [4.69, 9.17) is 35.9 Å². The molecular weight excluding hydrogens is 594 g/mol. The minimum atomic E-state index is -1.51. The Balaban J connectivity index is 1.60. The van der Waals surface area contributed by atoms with Crippen LogP contribution in [0.15, 0.2) is 107 Å². The summed E-state index contributed by atoms with van der Waals surface area (Å²) in [5.41, 5.74) is 11.0. The fourth-order valence-corrected chi connectivity index (χ4v) is 5.25. The molecule has 1 heterocycles. The second kappa shape index (κ2) is 14.6. The number of hydrogen-bond acceptors (Lipinski definition) is 7. The van der Waals surface area contributed by atoms with E-state index in [-0.39, 0.29) is 31.4 Å². The summed E-state index contributed by atoms with van der Waals surface area (Å²) >= 11 is 6.07. The number of amides is 1. The van der Waals surface area contributed by atoms with Crippen LogP contribution in [0, 0.1) is 0 Å². The van der Waals surface area contributed by atoms with Crippen LogP contribution >= 0.6 is 11.6 Å². The van der Waals surface area contributed by atoms with E-state index in [0.29, 0.717) is 51.9 Å². The maximum absolute atomic E-state index is 14.5. The number of benzene rings is 4. The Bertz CT molecular complexity index is 1710. The van der Waals surface area contributed by atoms with Gasteiger partial charge in [-0.3, -0.25) is 4.79 Å². The number of aliphatic hydroxyl groups excluding tert-OH is 1. The third kappa shape index (κ3) is 7.38. The third-order valence-electron chi connectivity index (χ3n) is 7.40. The van der Waals surface area contributed by atoms with E-state index in [1.54, 1.807) is 43.5 Å². The van der Waals surface area contributed by atoms with Crippen molar-refractivity contribution in [2.45, 2.75) is 31.0 Å². The summed E-state index contributed by atoms with van der Waals surface area (Å²) in [6, 6.07) is 28.8. The molecule has 0 bridgehead atoms. The average Bonchev–Trinajstić information content (AvgIpc) is 3.46. The van der Waals surface area contributed by atoms with Crippen molar-refractivity contribution in [3.05, 3.63) is 135 Å². The number of ether oxygens (including phenoxy) is 3. The summed E-state index contributed by atoms with van der Waals surface area (Å²) < 4.78 is 17.8. The van der Waals surface area contributed by atoms with Gasteiger partial charge in [0, 0.05) is 47.2 Å². The summed E-state index contributed by atoms with van der Waals surface area (Å²) in [4.78, 5) is 22.5. The van der Waals surface area contributed by atoms with Crippen molar-refractivity contribution >= 4 is 29.1 Å². The standard InChI is InChI=1S/C34H32ClN5O5/c1-43-29-8-4-7-25(20-29)31-34(21-26-6-2-3-9-30(26)39-40-36,33(42)37-22-23-10-14-27(35)15-11-23)38-32(45-31)24-12-16-28(17-13-24)44-19-5-18-41/h2-4,6-17,20,31,41H,5,18-19,21-22H2,1H3,(H,37,42)/t31-,34-/m1/s1. The van der Waals surface area contributed by atoms with Crippen LogP contribution < -0.4 is 14.8 Å². The zero-order chi connectivity index (χ0) is 31.6. The van der Waals surface area contributed by atoms with Gasteiger partial charge in [-0.05, 0) is 70.8 Å². The quantitative estimate of drug-likeness (QED) is 0.0723. The summed E-state index contributed by atoms with van der Waals surface area (Å²) in [7, 11) is 1.57. The van der Waals surface area contributed by atoms with Crippen molar-refractivity contribution in [1.82, 2.24) is 5.32 Å². The van der Waals surface area contributed by atoms with Crippen LogP contribution in [-0.2, 0) is 22.5 Å². The SMILES string of the molecule is COc1cccc([C@H]2OC(c3ccc(OCCCO)cc3)=N[C@@]2(Cc2ccccc2N=[N+]=[N-])C(=O)NCc2ccc(Cl)cc2)c1. The first-order chi connectivity index (χ1) is 22.0. The second-order valence-electron chi connectivity index (χ2n) is 10.4. The smallest absolute Gasteiger partial charge is 0.252 e. The first-order valence-corrected chi connectivity index (χ1v) is 14.7. The molecule has 0 aliphatic carbocycles. The first kappa shape index (κ1) is 31.4. The molecule has 0 saturated carbocycles. The van der Waals surface area contributed by atoms with E-state index in [1.807, 2.05) is 60.7 Å². The van der Waals surface area contributed by atoms with Crippen molar-refractivity contribution in [3.8, 4) is 11.5 Å². The molecule has 1 aliphatic heterocycles. The zero-order valence-corrected chi connectivity index (χ0v) is 25.4. The van der Waals surface area contributed by atoms with E-state index in [9.17, 15) is 10.3 Å². The lowest BCUT2D eigenvalue weighted by Crippen LogP contribution is -2.49. The number of hydrogen-bond donors (Lipinski definition) is 2. The van der Waals surface area contributed by atoms with Crippen molar-refractivity contribution in [3.63, 3.8) is 0 Å². The van der Waals surface area contributed by atoms with E-state index >= 15 is 0 Å². The molecule has 1 amide bonds. The Hall–Kier alpha value is -5.02. The second-order valence-corrected chi connectivity index (χ2v) is 10.8. The molecule has 2 N–H and O–H groups in total. The van der Waals surface area contributed by atoms with Crippen molar-refractivity contribution in [1.29, 1.82) is 0 Å². The predicted octanol–water partition coefficient (Wildman–Crippen LogP) is 6.87. The Morgan fingerprint density at radius 3 is 2.58 bits per heavy atom. The number of methoxy groups -OCH3 is 1. The summed E-state index contributed by atoms with van der Waals surface area (Å²) in [6.45, 7) is 0.650. The van der Waals surface area contributed by atoms with Crippen LogP contribution in [0.4, 0.5) is 5.69 Å². The number of halogens is 1. The Morgan fingerprint density at radius 1 is 1.07 bits per heavy atom. The van der Waals surface area contributed by atoms with Crippen LogP contribution in [0.1, 0.15) is 34.8 Å². The normalized spacial score (nSPS) is 17.0. The molecular formula is C34H32ClN5O5. The maximum atomic E-state index is 14.5.